The van der Waals surface area contributed by atoms with Crippen LogP contribution >= 0.6 is 38.5 Å². The first-order chi connectivity index (χ1) is 6.99. The molecular formula is C8H5BrF2INO2. The molecule has 0 fully saturated rings. The SMILES string of the molecule is O=C(O)c1cnc(I)c(C(F)F)c1CBr. The normalized spacial score (nSPS) is 10.7. The minimum absolute atomic E-state index is 0.0623. The predicted octanol–water partition coefficient (Wildman–Crippen LogP) is 3.22. The number of pyridine rings is 1. The minimum Gasteiger partial charge on any atom is -0.478 e. The quantitative estimate of drug-likeness (QED) is 0.489. The first kappa shape index (κ1) is 12.8. The Morgan fingerprint density at radius 1 is 1.67 bits per heavy atom. The van der Waals surface area contributed by atoms with Crippen molar-refractivity contribution < 1.29 is 18.7 Å². The Labute approximate surface area is 106 Å². The number of aromatic carboxylic acids is 1. The number of nitrogens with zero attached hydrogens (tertiary/aromatic N) is 1. The fraction of sp³-hybridized carbons (Fsp3) is 0.250. The number of hydrogen-bond acceptors (Lipinski definition) is 2. The summed E-state index contributed by atoms with van der Waals surface area (Å²) in [5.41, 5.74) is -0.424. The van der Waals surface area contributed by atoms with Crippen molar-refractivity contribution in [3.63, 3.8) is 0 Å². The van der Waals surface area contributed by atoms with Crippen molar-refractivity contribution in [1.29, 1.82) is 0 Å². The van der Waals surface area contributed by atoms with Gasteiger partial charge in [-0.1, -0.05) is 15.9 Å². The molecule has 3 nitrogen and oxygen atoms in total. The summed E-state index contributed by atoms with van der Waals surface area (Å²) in [5, 5.41) is 8.85. The number of alkyl halides is 3. The largest absolute Gasteiger partial charge is 0.478 e. The van der Waals surface area contributed by atoms with Gasteiger partial charge in [0.2, 0.25) is 0 Å². The highest BCUT2D eigenvalue weighted by Crippen LogP contribution is 2.30. The van der Waals surface area contributed by atoms with E-state index in [9.17, 15) is 13.6 Å². The number of hydrogen-bond donors (Lipinski definition) is 1. The van der Waals surface area contributed by atoms with Crippen LogP contribution in [-0.2, 0) is 5.33 Å². The van der Waals surface area contributed by atoms with E-state index in [1.807, 2.05) is 0 Å². The molecule has 1 heterocycles. The number of rotatable bonds is 3. The van der Waals surface area contributed by atoms with Crippen LogP contribution in [-0.4, -0.2) is 16.1 Å². The van der Waals surface area contributed by atoms with Crippen molar-refractivity contribution in [2.45, 2.75) is 11.8 Å². The summed E-state index contributed by atoms with van der Waals surface area (Å²) in [6.45, 7) is 0. The molecule has 82 valence electrons. The number of halogens is 4. The van der Waals surface area contributed by atoms with E-state index in [4.69, 9.17) is 5.11 Å². The summed E-state index contributed by atoms with van der Waals surface area (Å²) < 4.78 is 25.4. The van der Waals surface area contributed by atoms with Gasteiger partial charge in [0.25, 0.3) is 6.43 Å². The maximum absolute atomic E-state index is 12.7. The molecule has 15 heavy (non-hydrogen) atoms. The molecular weight excluding hydrogens is 387 g/mol. The molecule has 1 rings (SSSR count). The maximum Gasteiger partial charge on any atom is 0.337 e. The first-order valence-electron chi connectivity index (χ1n) is 3.73. The van der Waals surface area contributed by atoms with Crippen LogP contribution in [0.15, 0.2) is 6.20 Å². The van der Waals surface area contributed by atoms with Crippen LogP contribution in [0, 0.1) is 3.70 Å². The van der Waals surface area contributed by atoms with Gasteiger partial charge in [-0.15, -0.1) is 0 Å². The van der Waals surface area contributed by atoms with Gasteiger partial charge in [-0.05, 0) is 28.2 Å². The van der Waals surface area contributed by atoms with Crippen LogP contribution < -0.4 is 0 Å². The van der Waals surface area contributed by atoms with Gasteiger partial charge >= 0.3 is 5.97 Å². The van der Waals surface area contributed by atoms with E-state index in [0.29, 0.717) is 0 Å². The van der Waals surface area contributed by atoms with Gasteiger partial charge in [-0.25, -0.2) is 18.6 Å². The number of aromatic nitrogens is 1. The minimum atomic E-state index is -2.73. The molecule has 0 unspecified atom stereocenters. The second kappa shape index (κ2) is 5.15. The molecule has 0 aliphatic carbocycles. The third-order valence-corrected chi connectivity index (χ3v) is 3.18. The van der Waals surface area contributed by atoms with Crippen molar-refractivity contribution in [2.75, 3.05) is 0 Å². The number of carbonyl (C=O) groups is 1. The molecule has 1 aromatic rings. The van der Waals surface area contributed by atoms with E-state index >= 15 is 0 Å². The number of carboxylic acid groups (broad SMARTS) is 1. The van der Waals surface area contributed by atoms with Crippen molar-refractivity contribution in [3.05, 3.63) is 26.6 Å². The third kappa shape index (κ3) is 2.63. The number of carboxylic acids is 1. The van der Waals surface area contributed by atoms with Gasteiger partial charge < -0.3 is 5.11 Å². The van der Waals surface area contributed by atoms with Crippen LogP contribution in [0.2, 0.25) is 0 Å². The Hall–Kier alpha value is -0.310. The predicted molar refractivity (Wildman–Crippen MR) is 61.5 cm³/mol. The lowest BCUT2D eigenvalue weighted by Crippen LogP contribution is -2.08. The summed E-state index contributed by atoms with van der Waals surface area (Å²) in [5.74, 6) is -1.25. The van der Waals surface area contributed by atoms with Gasteiger partial charge in [-0.3, -0.25) is 0 Å². The van der Waals surface area contributed by atoms with Gasteiger partial charge in [0, 0.05) is 11.5 Å². The Balaban J connectivity index is 3.47. The van der Waals surface area contributed by atoms with Crippen LogP contribution in [0.25, 0.3) is 0 Å². The van der Waals surface area contributed by atoms with Gasteiger partial charge in [0.15, 0.2) is 0 Å². The van der Waals surface area contributed by atoms with E-state index < -0.39 is 12.4 Å². The van der Waals surface area contributed by atoms with Crippen LogP contribution in [0.5, 0.6) is 0 Å². The average molecular weight is 392 g/mol. The topological polar surface area (TPSA) is 50.2 Å². The molecule has 0 radical (unpaired) electrons. The van der Waals surface area contributed by atoms with E-state index in [1.54, 1.807) is 22.6 Å². The second-order valence-electron chi connectivity index (χ2n) is 2.59. The Kier molecular flexibility index (Phi) is 4.38. The lowest BCUT2D eigenvalue weighted by atomic mass is 10.1. The molecule has 0 aliphatic rings. The monoisotopic (exact) mass is 391 g/mol. The maximum atomic E-state index is 12.7. The fourth-order valence-corrected chi connectivity index (χ4v) is 2.39. The highest BCUT2D eigenvalue weighted by molar-refractivity contribution is 14.1. The molecule has 0 spiro atoms. The zero-order valence-electron chi connectivity index (χ0n) is 7.18. The van der Waals surface area contributed by atoms with Crippen LogP contribution in [0.4, 0.5) is 8.78 Å². The molecule has 1 aromatic heterocycles. The molecule has 0 saturated carbocycles. The molecule has 0 amide bonds. The average Bonchev–Trinajstić information content (AvgIpc) is 2.15. The lowest BCUT2D eigenvalue weighted by Gasteiger charge is -2.10. The zero-order chi connectivity index (χ0) is 11.6. The van der Waals surface area contributed by atoms with E-state index in [2.05, 4.69) is 20.9 Å². The van der Waals surface area contributed by atoms with Crippen molar-refractivity contribution in [3.8, 4) is 0 Å². The van der Waals surface area contributed by atoms with Crippen molar-refractivity contribution in [1.82, 2.24) is 4.98 Å². The van der Waals surface area contributed by atoms with Crippen LogP contribution in [0.3, 0.4) is 0 Å². The standard InChI is InChI=1S/C8H5BrF2INO2/c9-1-3-4(8(14)15)2-13-7(12)5(3)6(10)11/h2,6H,1H2,(H,14,15). The van der Waals surface area contributed by atoms with Gasteiger partial charge in [0.05, 0.1) is 11.1 Å². The van der Waals surface area contributed by atoms with E-state index in [-0.39, 0.29) is 25.7 Å². The lowest BCUT2D eigenvalue weighted by molar-refractivity contribution is 0.0695. The van der Waals surface area contributed by atoms with E-state index in [0.717, 1.165) is 6.20 Å². The highest BCUT2D eigenvalue weighted by Gasteiger charge is 2.22. The highest BCUT2D eigenvalue weighted by atomic mass is 127. The summed E-state index contributed by atoms with van der Waals surface area (Å²) in [4.78, 5) is 14.4. The van der Waals surface area contributed by atoms with Gasteiger partial charge in [-0.2, -0.15) is 0 Å². The summed E-state index contributed by atoms with van der Waals surface area (Å²) in [6.07, 6.45) is -1.64. The molecule has 0 bridgehead atoms. The molecule has 1 N–H and O–H groups in total. The first-order valence-corrected chi connectivity index (χ1v) is 5.93. The second-order valence-corrected chi connectivity index (χ2v) is 4.18. The Morgan fingerprint density at radius 2 is 2.27 bits per heavy atom. The molecule has 0 atom stereocenters. The van der Waals surface area contributed by atoms with E-state index in [1.165, 1.54) is 0 Å². The smallest absolute Gasteiger partial charge is 0.337 e. The van der Waals surface area contributed by atoms with Gasteiger partial charge in [0.1, 0.15) is 3.70 Å². The molecule has 0 aliphatic heterocycles. The Bertz CT molecular complexity index is 400. The summed E-state index contributed by atoms with van der Waals surface area (Å²) >= 11 is 4.66. The molecule has 7 heteroatoms. The molecule has 0 saturated heterocycles. The van der Waals surface area contributed by atoms with Crippen LogP contribution in [0.1, 0.15) is 27.9 Å². The van der Waals surface area contributed by atoms with Crippen molar-refractivity contribution in [2.24, 2.45) is 0 Å². The Morgan fingerprint density at radius 3 is 2.67 bits per heavy atom. The third-order valence-electron chi connectivity index (χ3n) is 1.76. The summed E-state index contributed by atoms with van der Waals surface area (Å²) in [7, 11) is 0. The molecule has 0 aromatic carbocycles. The fourth-order valence-electron chi connectivity index (χ4n) is 1.09. The van der Waals surface area contributed by atoms with Crippen molar-refractivity contribution >= 4 is 44.5 Å². The summed E-state index contributed by atoms with van der Waals surface area (Å²) in [6, 6.07) is 0. The zero-order valence-corrected chi connectivity index (χ0v) is 10.9.